The number of carbonyl (C=O) groups is 1. The molecule has 0 saturated heterocycles. The minimum absolute atomic E-state index is 0.0638. The van der Waals surface area contributed by atoms with Crippen LogP contribution < -0.4 is 14.8 Å². The maximum absolute atomic E-state index is 12.4. The van der Waals surface area contributed by atoms with Gasteiger partial charge in [0.25, 0.3) is 0 Å². The van der Waals surface area contributed by atoms with Crippen LogP contribution in [0.15, 0.2) is 48.8 Å². The predicted octanol–water partition coefficient (Wildman–Crippen LogP) is 4.02. The Morgan fingerprint density at radius 1 is 1.15 bits per heavy atom. The number of halogens is 1. The first-order valence-corrected chi connectivity index (χ1v) is 8.83. The van der Waals surface area contributed by atoms with Gasteiger partial charge < -0.3 is 14.8 Å². The van der Waals surface area contributed by atoms with E-state index in [1.165, 1.54) is 0 Å². The number of nitrogens with zero attached hydrogens (tertiary/aromatic N) is 2. The molecule has 1 aromatic heterocycles. The van der Waals surface area contributed by atoms with Gasteiger partial charge in [-0.15, -0.1) is 0 Å². The van der Waals surface area contributed by atoms with Crippen LogP contribution in [0, 0.1) is 0 Å². The minimum atomic E-state index is -0.172. The Morgan fingerprint density at radius 3 is 2.70 bits per heavy atom. The summed E-state index contributed by atoms with van der Waals surface area (Å²) in [6.45, 7) is 0. The molecule has 1 N–H and O–H groups in total. The molecule has 1 aliphatic rings. The lowest BCUT2D eigenvalue weighted by Gasteiger charge is -2.24. The van der Waals surface area contributed by atoms with E-state index in [0.29, 0.717) is 28.8 Å². The van der Waals surface area contributed by atoms with E-state index in [1.54, 1.807) is 26.6 Å². The normalized spacial score (nSPS) is 15.8. The molecule has 1 atom stereocenters. The average molecular weight is 384 g/mol. The van der Waals surface area contributed by atoms with Gasteiger partial charge in [-0.25, -0.2) is 4.98 Å². The molecule has 1 aliphatic heterocycles. The molecule has 1 amide bonds. The van der Waals surface area contributed by atoms with Crippen LogP contribution in [0.2, 0.25) is 5.02 Å². The Balaban J connectivity index is 1.80. The Kier molecular flexibility index (Phi) is 4.49. The summed E-state index contributed by atoms with van der Waals surface area (Å²) in [6.07, 6.45) is 2.02. The number of methoxy groups -OCH3 is 2. The van der Waals surface area contributed by atoms with Gasteiger partial charge in [-0.2, -0.15) is 0 Å². The van der Waals surface area contributed by atoms with Gasteiger partial charge in [0.2, 0.25) is 5.91 Å². The van der Waals surface area contributed by atoms with E-state index in [2.05, 4.69) is 10.3 Å². The number of hydrogen-bond donors (Lipinski definition) is 1. The molecule has 3 aromatic rings. The lowest BCUT2D eigenvalue weighted by Crippen LogP contribution is -2.25. The lowest BCUT2D eigenvalue weighted by molar-refractivity contribution is -0.116. The second kappa shape index (κ2) is 6.96. The number of amides is 1. The smallest absolute Gasteiger partial charge is 0.226 e. The summed E-state index contributed by atoms with van der Waals surface area (Å²) >= 11 is 6.11. The molecule has 0 aliphatic carbocycles. The van der Waals surface area contributed by atoms with Crippen molar-refractivity contribution in [1.82, 2.24) is 9.55 Å². The number of fused-ring (bicyclic) bond motifs is 1. The number of anilines is 1. The monoisotopic (exact) mass is 383 g/mol. The van der Waals surface area contributed by atoms with Crippen molar-refractivity contribution in [3.8, 4) is 17.2 Å². The summed E-state index contributed by atoms with van der Waals surface area (Å²) < 4.78 is 12.5. The molecule has 0 spiro atoms. The second-order valence-corrected chi connectivity index (χ2v) is 6.68. The zero-order valence-electron chi connectivity index (χ0n) is 14.9. The molecule has 0 saturated carbocycles. The first-order valence-electron chi connectivity index (χ1n) is 8.45. The lowest BCUT2D eigenvalue weighted by atomic mass is 9.89. The molecule has 0 fully saturated rings. The first kappa shape index (κ1) is 17.4. The standard InChI is InChI=1S/C20H18ClN3O3/c1-26-16-7-6-12(8-17(16)27-2)15-10-18(25)23-20-19(15)22-11-24(20)14-5-3-4-13(21)9-14/h3-9,11,15H,10H2,1-2H3,(H,23,25)/t15-/m1/s1. The number of hydrogen-bond acceptors (Lipinski definition) is 4. The van der Waals surface area contributed by atoms with Gasteiger partial charge in [0.1, 0.15) is 12.1 Å². The van der Waals surface area contributed by atoms with Crippen molar-refractivity contribution in [2.45, 2.75) is 12.3 Å². The van der Waals surface area contributed by atoms with E-state index in [9.17, 15) is 4.79 Å². The van der Waals surface area contributed by atoms with Crippen molar-refractivity contribution < 1.29 is 14.3 Å². The zero-order chi connectivity index (χ0) is 19.0. The molecule has 0 unspecified atom stereocenters. The maximum atomic E-state index is 12.4. The Hall–Kier alpha value is -2.99. The van der Waals surface area contributed by atoms with Crippen LogP contribution in [0.25, 0.3) is 5.69 Å². The van der Waals surface area contributed by atoms with E-state index in [-0.39, 0.29) is 11.8 Å². The third-order valence-electron chi connectivity index (χ3n) is 4.67. The highest BCUT2D eigenvalue weighted by Crippen LogP contribution is 2.40. The van der Waals surface area contributed by atoms with Crippen molar-refractivity contribution in [1.29, 1.82) is 0 Å². The van der Waals surface area contributed by atoms with Gasteiger partial charge >= 0.3 is 0 Å². The Bertz CT molecular complexity index is 1020. The number of carbonyl (C=O) groups excluding carboxylic acids is 1. The quantitative estimate of drug-likeness (QED) is 0.739. The highest BCUT2D eigenvalue weighted by molar-refractivity contribution is 6.30. The maximum Gasteiger partial charge on any atom is 0.226 e. The van der Waals surface area contributed by atoms with Crippen LogP contribution in [0.1, 0.15) is 23.6 Å². The van der Waals surface area contributed by atoms with Crippen LogP contribution in [-0.2, 0) is 4.79 Å². The summed E-state index contributed by atoms with van der Waals surface area (Å²) in [5.41, 5.74) is 2.59. The van der Waals surface area contributed by atoms with Crippen LogP contribution in [0.5, 0.6) is 11.5 Å². The summed E-state index contributed by atoms with van der Waals surface area (Å²) in [5, 5.41) is 3.56. The van der Waals surface area contributed by atoms with Crippen molar-refractivity contribution in [2.75, 3.05) is 19.5 Å². The summed E-state index contributed by atoms with van der Waals surface area (Å²) in [4.78, 5) is 17.0. The second-order valence-electron chi connectivity index (χ2n) is 6.25. The molecule has 138 valence electrons. The van der Waals surface area contributed by atoms with E-state index in [1.807, 2.05) is 41.0 Å². The van der Waals surface area contributed by atoms with Gasteiger partial charge in [0.15, 0.2) is 11.5 Å². The fourth-order valence-electron chi connectivity index (χ4n) is 3.37. The van der Waals surface area contributed by atoms with E-state index < -0.39 is 0 Å². The number of ether oxygens (including phenoxy) is 2. The molecule has 0 bridgehead atoms. The van der Waals surface area contributed by atoms with E-state index in [4.69, 9.17) is 21.1 Å². The van der Waals surface area contributed by atoms with Gasteiger partial charge in [0.05, 0.1) is 19.9 Å². The summed E-state index contributed by atoms with van der Waals surface area (Å²) in [7, 11) is 3.19. The van der Waals surface area contributed by atoms with Crippen LogP contribution in [0.3, 0.4) is 0 Å². The predicted molar refractivity (Wildman–Crippen MR) is 103 cm³/mol. The van der Waals surface area contributed by atoms with Crippen molar-refractivity contribution in [2.24, 2.45) is 0 Å². The topological polar surface area (TPSA) is 65.4 Å². The molecular weight excluding hydrogens is 366 g/mol. The average Bonchev–Trinajstić information content (AvgIpc) is 3.10. The highest BCUT2D eigenvalue weighted by Gasteiger charge is 2.31. The molecular formula is C20H18ClN3O3. The Morgan fingerprint density at radius 2 is 1.96 bits per heavy atom. The van der Waals surface area contributed by atoms with Crippen LogP contribution >= 0.6 is 11.6 Å². The number of rotatable bonds is 4. The fraction of sp³-hybridized carbons (Fsp3) is 0.200. The third-order valence-corrected chi connectivity index (χ3v) is 4.90. The zero-order valence-corrected chi connectivity index (χ0v) is 15.7. The number of nitrogens with one attached hydrogen (secondary N) is 1. The van der Waals surface area contributed by atoms with Gasteiger partial charge in [0, 0.05) is 23.0 Å². The SMILES string of the molecule is COc1ccc([C@H]2CC(=O)Nc3c2ncn3-c2cccc(Cl)c2)cc1OC. The first-order chi connectivity index (χ1) is 13.1. The molecule has 0 radical (unpaired) electrons. The molecule has 2 heterocycles. The molecule has 6 nitrogen and oxygen atoms in total. The molecule has 4 rings (SSSR count). The summed E-state index contributed by atoms with van der Waals surface area (Å²) in [6, 6.07) is 13.1. The minimum Gasteiger partial charge on any atom is -0.493 e. The van der Waals surface area contributed by atoms with E-state index in [0.717, 1.165) is 16.9 Å². The van der Waals surface area contributed by atoms with E-state index >= 15 is 0 Å². The van der Waals surface area contributed by atoms with Gasteiger partial charge in [-0.05, 0) is 35.9 Å². The fourth-order valence-corrected chi connectivity index (χ4v) is 3.56. The van der Waals surface area contributed by atoms with Gasteiger partial charge in [-0.1, -0.05) is 23.7 Å². The number of aromatic nitrogens is 2. The summed E-state index contributed by atoms with van der Waals surface area (Å²) in [5.74, 6) is 1.69. The van der Waals surface area contributed by atoms with Gasteiger partial charge in [-0.3, -0.25) is 9.36 Å². The number of benzene rings is 2. The van der Waals surface area contributed by atoms with Crippen molar-refractivity contribution in [3.63, 3.8) is 0 Å². The van der Waals surface area contributed by atoms with Crippen molar-refractivity contribution in [3.05, 3.63) is 65.1 Å². The number of imidazole rings is 1. The highest BCUT2D eigenvalue weighted by atomic mass is 35.5. The Labute approximate surface area is 161 Å². The van der Waals surface area contributed by atoms with Crippen molar-refractivity contribution >= 4 is 23.3 Å². The van der Waals surface area contributed by atoms with Crippen LogP contribution in [0.4, 0.5) is 5.82 Å². The largest absolute Gasteiger partial charge is 0.493 e. The molecule has 2 aromatic carbocycles. The third kappa shape index (κ3) is 3.13. The molecule has 7 heteroatoms. The molecule has 27 heavy (non-hydrogen) atoms. The van der Waals surface area contributed by atoms with Crippen LogP contribution in [-0.4, -0.2) is 29.7 Å².